The highest BCUT2D eigenvalue weighted by Gasteiger charge is 2.22. The van der Waals surface area contributed by atoms with E-state index in [9.17, 15) is 9.59 Å². The van der Waals surface area contributed by atoms with Crippen LogP contribution in [0.1, 0.15) is 18.4 Å². The number of fused-ring (bicyclic) bond motifs is 1. The van der Waals surface area contributed by atoms with Crippen LogP contribution in [0.4, 0.5) is 0 Å². The highest BCUT2D eigenvalue weighted by atomic mass is 32.1. The summed E-state index contributed by atoms with van der Waals surface area (Å²) in [5.74, 6) is -0.0300. The van der Waals surface area contributed by atoms with Gasteiger partial charge in [-0.05, 0) is 30.7 Å². The molecule has 1 aliphatic rings. The van der Waals surface area contributed by atoms with Crippen molar-refractivity contribution in [1.82, 2.24) is 9.55 Å². The minimum atomic E-state index is -0.127. The van der Waals surface area contributed by atoms with Gasteiger partial charge in [-0.3, -0.25) is 14.2 Å². The lowest BCUT2D eigenvalue weighted by Gasteiger charge is -2.20. The van der Waals surface area contributed by atoms with Crippen LogP contribution in [0, 0.1) is 12.8 Å². The average molecular weight is 292 g/mol. The standard InChI is InChI=1S/C14H16N2O3S/c1-9-7-20-13-12(9)15-8-16(14(13)18)5-11(17)10-3-2-4-19-6-10/h7-8,10H,2-6H2,1H3/t10-/m0/s1. The first-order valence-electron chi connectivity index (χ1n) is 6.70. The number of Topliss-reactive ketones (excluding diaryl/α,β-unsaturated/α-hetero) is 1. The number of nitrogens with zero attached hydrogens (tertiary/aromatic N) is 2. The molecule has 0 spiro atoms. The fourth-order valence-corrected chi connectivity index (χ4v) is 3.41. The number of aryl methyl sites for hydroxylation is 1. The van der Waals surface area contributed by atoms with E-state index in [4.69, 9.17) is 4.74 Å². The molecule has 1 saturated heterocycles. The van der Waals surface area contributed by atoms with Gasteiger partial charge in [0.25, 0.3) is 5.56 Å². The van der Waals surface area contributed by atoms with Crippen LogP contribution in [0.15, 0.2) is 16.5 Å². The zero-order valence-corrected chi connectivity index (χ0v) is 12.1. The normalized spacial score (nSPS) is 19.4. The lowest BCUT2D eigenvalue weighted by Crippen LogP contribution is -2.31. The second kappa shape index (κ2) is 5.46. The van der Waals surface area contributed by atoms with Crippen LogP contribution in [0.25, 0.3) is 10.2 Å². The highest BCUT2D eigenvalue weighted by molar-refractivity contribution is 7.17. The van der Waals surface area contributed by atoms with Gasteiger partial charge in [0.05, 0.1) is 25.0 Å². The number of carbonyl (C=O) groups is 1. The molecule has 0 aliphatic carbocycles. The van der Waals surface area contributed by atoms with Gasteiger partial charge in [0.2, 0.25) is 0 Å². The van der Waals surface area contributed by atoms with Crippen molar-refractivity contribution in [3.63, 3.8) is 0 Å². The van der Waals surface area contributed by atoms with E-state index >= 15 is 0 Å². The fraction of sp³-hybridized carbons (Fsp3) is 0.500. The number of thiophene rings is 1. The molecule has 0 unspecified atom stereocenters. The number of rotatable bonds is 3. The van der Waals surface area contributed by atoms with Gasteiger partial charge in [-0.25, -0.2) is 4.98 Å². The fourth-order valence-electron chi connectivity index (χ4n) is 2.46. The van der Waals surface area contributed by atoms with Crippen LogP contribution < -0.4 is 5.56 Å². The summed E-state index contributed by atoms with van der Waals surface area (Å²) in [5, 5.41) is 1.92. The molecule has 5 nitrogen and oxygen atoms in total. The van der Waals surface area contributed by atoms with Crippen LogP contribution >= 0.6 is 11.3 Å². The van der Waals surface area contributed by atoms with E-state index < -0.39 is 0 Å². The summed E-state index contributed by atoms with van der Waals surface area (Å²) < 4.78 is 7.36. The zero-order chi connectivity index (χ0) is 14.1. The second-order valence-electron chi connectivity index (χ2n) is 5.15. The third-order valence-corrected chi connectivity index (χ3v) is 4.74. The third kappa shape index (κ3) is 2.41. The van der Waals surface area contributed by atoms with Crippen LogP contribution in [0.2, 0.25) is 0 Å². The Morgan fingerprint density at radius 1 is 1.60 bits per heavy atom. The van der Waals surface area contributed by atoms with Gasteiger partial charge in [0, 0.05) is 12.5 Å². The van der Waals surface area contributed by atoms with Gasteiger partial charge >= 0.3 is 0 Å². The van der Waals surface area contributed by atoms with Crippen molar-refractivity contribution in [1.29, 1.82) is 0 Å². The predicted molar refractivity (Wildman–Crippen MR) is 77.2 cm³/mol. The first-order chi connectivity index (χ1) is 9.66. The molecular formula is C14H16N2O3S. The Labute approximate surface area is 120 Å². The Morgan fingerprint density at radius 2 is 2.45 bits per heavy atom. The van der Waals surface area contributed by atoms with Gasteiger partial charge in [-0.2, -0.15) is 0 Å². The van der Waals surface area contributed by atoms with Crippen molar-refractivity contribution < 1.29 is 9.53 Å². The molecule has 6 heteroatoms. The minimum Gasteiger partial charge on any atom is -0.381 e. The molecule has 0 N–H and O–H groups in total. The van der Waals surface area contributed by atoms with Crippen LogP contribution in [0.5, 0.6) is 0 Å². The molecular weight excluding hydrogens is 276 g/mol. The molecule has 3 rings (SSSR count). The molecule has 1 fully saturated rings. The van der Waals surface area contributed by atoms with Gasteiger partial charge in [0.1, 0.15) is 4.70 Å². The number of aromatic nitrogens is 2. The quantitative estimate of drug-likeness (QED) is 0.865. The topological polar surface area (TPSA) is 61.2 Å². The molecule has 3 heterocycles. The highest BCUT2D eigenvalue weighted by Crippen LogP contribution is 2.20. The monoisotopic (exact) mass is 292 g/mol. The summed E-state index contributed by atoms with van der Waals surface area (Å²) >= 11 is 1.39. The lowest BCUT2D eigenvalue weighted by molar-refractivity contribution is -0.127. The smallest absolute Gasteiger partial charge is 0.271 e. The maximum atomic E-state index is 12.3. The van der Waals surface area contributed by atoms with Crippen molar-refractivity contribution in [2.24, 2.45) is 5.92 Å². The van der Waals surface area contributed by atoms with E-state index in [2.05, 4.69) is 4.98 Å². The van der Waals surface area contributed by atoms with E-state index in [0.717, 1.165) is 30.5 Å². The minimum absolute atomic E-state index is 0.0567. The Bertz CT molecular complexity index is 698. The van der Waals surface area contributed by atoms with Crippen molar-refractivity contribution in [3.05, 3.63) is 27.6 Å². The summed E-state index contributed by atoms with van der Waals surface area (Å²) in [4.78, 5) is 28.8. The first kappa shape index (κ1) is 13.5. The number of ketones is 1. The van der Waals surface area contributed by atoms with Crippen molar-refractivity contribution in [3.8, 4) is 0 Å². The van der Waals surface area contributed by atoms with Crippen LogP contribution in [-0.2, 0) is 16.1 Å². The SMILES string of the molecule is Cc1csc2c(=O)n(CC(=O)[C@H]3CCCOC3)cnc12. The molecule has 1 aliphatic heterocycles. The van der Waals surface area contributed by atoms with E-state index in [1.165, 1.54) is 22.2 Å². The van der Waals surface area contributed by atoms with Gasteiger partial charge in [-0.1, -0.05) is 0 Å². The van der Waals surface area contributed by atoms with E-state index in [-0.39, 0.29) is 23.8 Å². The van der Waals surface area contributed by atoms with Crippen molar-refractivity contribution >= 4 is 27.3 Å². The molecule has 2 aromatic rings. The number of hydrogen-bond acceptors (Lipinski definition) is 5. The van der Waals surface area contributed by atoms with Crippen molar-refractivity contribution in [2.75, 3.05) is 13.2 Å². The Morgan fingerprint density at radius 3 is 3.20 bits per heavy atom. The van der Waals surface area contributed by atoms with E-state index in [1.807, 2.05) is 12.3 Å². The molecule has 106 valence electrons. The summed E-state index contributed by atoms with van der Waals surface area (Å²) in [7, 11) is 0. The molecule has 0 aromatic carbocycles. The maximum Gasteiger partial charge on any atom is 0.271 e. The summed E-state index contributed by atoms with van der Waals surface area (Å²) in [6, 6.07) is 0. The van der Waals surface area contributed by atoms with Gasteiger partial charge in [0.15, 0.2) is 5.78 Å². The molecule has 0 radical (unpaired) electrons. The van der Waals surface area contributed by atoms with Gasteiger partial charge < -0.3 is 4.74 Å². The molecule has 0 bridgehead atoms. The Hall–Kier alpha value is -1.53. The third-order valence-electron chi connectivity index (χ3n) is 3.67. The maximum absolute atomic E-state index is 12.3. The summed E-state index contributed by atoms with van der Waals surface area (Å²) in [5.41, 5.74) is 1.61. The van der Waals surface area contributed by atoms with Crippen molar-refractivity contribution in [2.45, 2.75) is 26.3 Å². The largest absolute Gasteiger partial charge is 0.381 e. The molecule has 0 saturated carbocycles. The van der Waals surface area contributed by atoms with E-state index in [0.29, 0.717) is 11.3 Å². The summed E-state index contributed by atoms with van der Waals surface area (Å²) in [6.07, 6.45) is 3.24. The Kier molecular flexibility index (Phi) is 3.67. The predicted octanol–water partition coefficient (Wildman–Crippen LogP) is 1.76. The Balaban J connectivity index is 1.85. The zero-order valence-electron chi connectivity index (χ0n) is 11.3. The molecule has 0 amide bonds. The van der Waals surface area contributed by atoms with Crippen LogP contribution in [0.3, 0.4) is 0 Å². The first-order valence-corrected chi connectivity index (χ1v) is 7.58. The number of hydrogen-bond donors (Lipinski definition) is 0. The second-order valence-corrected chi connectivity index (χ2v) is 6.03. The molecule has 2 aromatic heterocycles. The lowest BCUT2D eigenvalue weighted by atomic mass is 9.97. The molecule has 20 heavy (non-hydrogen) atoms. The van der Waals surface area contributed by atoms with Crippen LogP contribution in [-0.4, -0.2) is 28.5 Å². The van der Waals surface area contributed by atoms with E-state index in [1.54, 1.807) is 0 Å². The summed E-state index contributed by atoms with van der Waals surface area (Å²) in [6.45, 7) is 3.22. The number of ether oxygens (including phenoxy) is 1. The average Bonchev–Trinajstić information content (AvgIpc) is 2.85. The van der Waals surface area contributed by atoms with Gasteiger partial charge in [-0.15, -0.1) is 11.3 Å². The molecule has 1 atom stereocenters. The number of carbonyl (C=O) groups excluding carboxylic acids is 1.